The van der Waals surface area contributed by atoms with Gasteiger partial charge in [0.1, 0.15) is 11.6 Å². The molecular weight excluding hydrogens is 300 g/mol. The number of aromatic nitrogens is 4. The first kappa shape index (κ1) is 15.4. The normalized spacial score (nSPS) is 18.1. The van der Waals surface area contributed by atoms with Crippen LogP contribution in [0.25, 0.3) is 0 Å². The number of rotatable bonds is 5. The van der Waals surface area contributed by atoms with Crippen molar-refractivity contribution in [3.63, 3.8) is 0 Å². The molecule has 6 nitrogen and oxygen atoms in total. The maximum Gasteiger partial charge on any atom is 0.227 e. The van der Waals surface area contributed by atoms with Gasteiger partial charge in [0.15, 0.2) is 0 Å². The van der Waals surface area contributed by atoms with Crippen molar-refractivity contribution >= 4 is 11.8 Å². The van der Waals surface area contributed by atoms with Crippen LogP contribution in [0.5, 0.6) is 0 Å². The van der Waals surface area contributed by atoms with Gasteiger partial charge in [0.05, 0.1) is 11.7 Å². The molecule has 1 fully saturated rings. The second-order valence-corrected chi connectivity index (χ2v) is 7.25. The average Bonchev–Trinajstić information content (AvgIpc) is 3.33. The summed E-state index contributed by atoms with van der Waals surface area (Å²) < 4.78 is 2.12. The van der Waals surface area contributed by atoms with Gasteiger partial charge in [0, 0.05) is 39.1 Å². The van der Waals surface area contributed by atoms with E-state index in [2.05, 4.69) is 21.9 Å². The van der Waals surface area contributed by atoms with E-state index < -0.39 is 0 Å². The van der Waals surface area contributed by atoms with Crippen LogP contribution in [0.3, 0.4) is 0 Å². The zero-order valence-electron chi connectivity index (χ0n) is 14.8. The lowest BCUT2D eigenvalue weighted by Gasteiger charge is -2.25. The maximum atomic E-state index is 4.84. The Balaban J connectivity index is 1.72. The summed E-state index contributed by atoms with van der Waals surface area (Å²) in [7, 11) is 6.08. The van der Waals surface area contributed by atoms with Gasteiger partial charge in [-0.05, 0) is 44.4 Å². The van der Waals surface area contributed by atoms with Crippen LogP contribution in [0.1, 0.15) is 48.8 Å². The predicted octanol–water partition coefficient (Wildman–Crippen LogP) is 2.72. The van der Waals surface area contributed by atoms with Crippen molar-refractivity contribution in [2.75, 3.05) is 24.3 Å². The minimum absolute atomic E-state index is 0.237. The average molecular weight is 326 g/mol. The number of hydrogen-bond donors (Lipinski definition) is 1. The minimum Gasteiger partial charge on any atom is -0.359 e. The molecule has 128 valence electrons. The van der Waals surface area contributed by atoms with Crippen LogP contribution in [-0.2, 0) is 19.9 Å². The van der Waals surface area contributed by atoms with Crippen LogP contribution in [0, 0.1) is 5.92 Å². The van der Waals surface area contributed by atoms with Gasteiger partial charge < -0.3 is 14.8 Å². The third kappa shape index (κ3) is 2.85. The Morgan fingerprint density at radius 3 is 2.67 bits per heavy atom. The Labute approximate surface area is 143 Å². The minimum atomic E-state index is 0.237. The zero-order chi connectivity index (χ0) is 16.7. The molecule has 2 aliphatic carbocycles. The molecule has 1 N–H and O–H groups in total. The molecule has 0 spiro atoms. The van der Waals surface area contributed by atoms with Gasteiger partial charge in [-0.2, -0.15) is 4.98 Å². The van der Waals surface area contributed by atoms with E-state index in [0.717, 1.165) is 30.4 Å². The van der Waals surface area contributed by atoms with Gasteiger partial charge in [-0.1, -0.05) is 0 Å². The Morgan fingerprint density at radius 1 is 1.21 bits per heavy atom. The van der Waals surface area contributed by atoms with Crippen LogP contribution >= 0.6 is 0 Å². The largest absolute Gasteiger partial charge is 0.359 e. The standard InChI is InChI=1S/C18H26N6/c1-23(2)18-20-14-7-5-4-6-13(14)16(22-18)21-15(12-8-9-12)17-19-10-11-24(17)3/h10-12,15H,4-9H2,1-3H3,(H,20,21,22)/t15-/m0/s1. The van der Waals surface area contributed by atoms with E-state index in [1.54, 1.807) is 0 Å². The fourth-order valence-corrected chi connectivity index (χ4v) is 3.55. The Kier molecular flexibility index (Phi) is 3.90. The monoisotopic (exact) mass is 326 g/mol. The van der Waals surface area contributed by atoms with Crippen molar-refractivity contribution in [1.29, 1.82) is 0 Å². The van der Waals surface area contributed by atoms with Gasteiger partial charge in [0.25, 0.3) is 0 Å². The van der Waals surface area contributed by atoms with Gasteiger partial charge in [-0.25, -0.2) is 9.97 Å². The molecule has 24 heavy (non-hydrogen) atoms. The highest BCUT2D eigenvalue weighted by atomic mass is 15.2. The summed E-state index contributed by atoms with van der Waals surface area (Å²) in [6, 6.07) is 0.237. The molecule has 2 aromatic heterocycles. The van der Waals surface area contributed by atoms with E-state index in [0.29, 0.717) is 5.92 Å². The number of anilines is 2. The number of nitrogens with zero attached hydrogens (tertiary/aromatic N) is 5. The van der Waals surface area contributed by atoms with Gasteiger partial charge in [-0.15, -0.1) is 0 Å². The molecule has 0 unspecified atom stereocenters. The molecule has 4 rings (SSSR count). The van der Waals surface area contributed by atoms with Crippen molar-refractivity contribution in [2.24, 2.45) is 13.0 Å². The lowest BCUT2D eigenvalue weighted by Crippen LogP contribution is -2.23. The third-order valence-electron chi connectivity index (χ3n) is 5.09. The van der Waals surface area contributed by atoms with E-state index >= 15 is 0 Å². The first-order chi connectivity index (χ1) is 11.6. The summed E-state index contributed by atoms with van der Waals surface area (Å²) in [6.07, 6.45) is 11.0. The van der Waals surface area contributed by atoms with Gasteiger partial charge in [0.2, 0.25) is 5.95 Å². The Bertz CT molecular complexity index is 731. The number of imidazole rings is 1. The predicted molar refractivity (Wildman–Crippen MR) is 95.3 cm³/mol. The van der Waals surface area contributed by atoms with E-state index in [1.807, 2.05) is 31.4 Å². The molecule has 0 saturated heterocycles. The fraction of sp³-hybridized carbons (Fsp3) is 0.611. The second-order valence-electron chi connectivity index (χ2n) is 7.25. The Morgan fingerprint density at radius 2 is 2.00 bits per heavy atom. The highest BCUT2D eigenvalue weighted by Gasteiger charge is 2.35. The van der Waals surface area contributed by atoms with Crippen LogP contribution in [0.15, 0.2) is 12.4 Å². The summed E-state index contributed by atoms with van der Waals surface area (Å²) in [4.78, 5) is 16.2. The molecular formula is C18H26N6. The maximum absolute atomic E-state index is 4.84. The second kappa shape index (κ2) is 6.07. The van der Waals surface area contributed by atoms with Crippen LogP contribution in [0.4, 0.5) is 11.8 Å². The molecule has 2 aliphatic rings. The van der Waals surface area contributed by atoms with Crippen LogP contribution < -0.4 is 10.2 Å². The van der Waals surface area contributed by atoms with Crippen LogP contribution in [0.2, 0.25) is 0 Å². The smallest absolute Gasteiger partial charge is 0.227 e. The van der Waals surface area contributed by atoms with Gasteiger partial charge >= 0.3 is 0 Å². The molecule has 6 heteroatoms. The third-order valence-corrected chi connectivity index (χ3v) is 5.09. The number of fused-ring (bicyclic) bond motifs is 1. The molecule has 0 radical (unpaired) electrons. The van der Waals surface area contributed by atoms with E-state index in [9.17, 15) is 0 Å². The van der Waals surface area contributed by atoms with Crippen molar-refractivity contribution < 1.29 is 0 Å². The first-order valence-corrected chi connectivity index (χ1v) is 8.94. The summed E-state index contributed by atoms with van der Waals surface area (Å²) in [5.74, 6) is 3.58. The van der Waals surface area contributed by atoms with E-state index in [-0.39, 0.29) is 6.04 Å². The number of aryl methyl sites for hydroxylation is 2. The van der Waals surface area contributed by atoms with Crippen molar-refractivity contribution in [2.45, 2.75) is 44.6 Å². The highest BCUT2D eigenvalue weighted by molar-refractivity contribution is 5.53. The Hall–Kier alpha value is -2.11. The summed E-state index contributed by atoms with van der Waals surface area (Å²) in [5.41, 5.74) is 2.53. The van der Waals surface area contributed by atoms with Crippen molar-refractivity contribution in [3.05, 3.63) is 29.5 Å². The topological polar surface area (TPSA) is 58.9 Å². The summed E-state index contributed by atoms with van der Waals surface area (Å²) in [6.45, 7) is 0. The van der Waals surface area contributed by atoms with Crippen LogP contribution in [-0.4, -0.2) is 33.6 Å². The quantitative estimate of drug-likeness (QED) is 0.915. The fourth-order valence-electron chi connectivity index (χ4n) is 3.55. The summed E-state index contributed by atoms with van der Waals surface area (Å²) in [5, 5.41) is 3.75. The molecule has 2 aromatic rings. The molecule has 0 amide bonds. The van der Waals surface area contributed by atoms with E-state index in [4.69, 9.17) is 9.97 Å². The van der Waals surface area contributed by atoms with Crippen molar-refractivity contribution in [3.8, 4) is 0 Å². The molecule has 0 bridgehead atoms. The first-order valence-electron chi connectivity index (χ1n) is 8.94. The SMILES string of the molecule is CN(C)c1nc2c(c(N[C@H](c3nccn3C)C3CC3)n1)CCCC2. The van der Waals surface area contributed by atoms with E-state index in [1.165, 1.54) is 36.9 Å². The van der Waals surface area contributed by atoms with Crippen molar-refractivity contribution in [1.82, 2.24) is 19.5 Å². The molecule has 1 saturated carbocycles. The molecule has 0 aromatic carbocycles. The molecule has 1 atom stereocenters. The van der Waals surface area contributed by atoms with Gasteiger partial charge in [-0.3, -0.25) is 0 Å². The summed E-state index contributed by atoms with van der Waals surface area (Å²) >= 11 is 0. The lowest BCUT2D eigenvalue weighted by molar-refractivity contribution is 0.598. The highest BCUT2D eigenvalue weighted by Crippen LogP contribution is 2.43. The molecule has 0 aliphatic heterocycles. The number of nitrogens with one attached hydrogen (secondary N) is 1. The molecule has 2 heterocycles. The lowest BCUT2D eigenvalue weighted by atomic mass is 9.96. The number of hydrogen-bond acceptors (Lipinski definition) is 5. The zero-order valence-corrected chi connectivity index (χ0v) is 14.8.